The van der Waals surface area contributed by atoms with Crippen LogP contribution in [0.5, 0.6) is 0 Å². The predicted molar refractivity (Wildman–Crippen MR) is 79.3 cm³/mol. The maximum atomic E-state index is 12.5. The Morgan fingerprint density at radius 2 is 2.10 bits per heavy atom. The topological polar surface area (TPSA) is 69.6 Å². The summed E-state index contributed by atoms with van der Waals surface area (Å²) in [5.74, 6) is -0.774. The first-order valence-electron chi connectivity index (χ1n) is 7.52. The number of aliphatic carboxylic acids is 1. The van der Waals surface area contributed by atoms with Crippen LogP contribution in [0.2, 0.25) is 0 Å². The molecule has 5 nitrogen and oxygen atoms in total. The van der Waals surface area contributed by atoms with E-state index in [0.717, 1.165) is 30.6 Å². The maximum Gasteiger partial charge on any atom is 0.326 e. The van der Waals surface area contributed by atoms with Crippen LogP contribution in [0.3, 0.4) is 0 Å². The van der Waals surface area contributed by atoms with Crippen molar-refractivity contribution in [2.24, 2.45) is 0 Å². The number of hydrogen-bond acceptors (Lipinski definition) is 3. The molecule has 0 bridgehead atoms. The van der Waals surface area contributed by atoms with Crippen LogP contribution in [0, 0.1) is 0 Å². The molecule has 112 valence electrons. The molecule has 1 amide bonds. The van der Waals surface area contributed by atoms with Gasteiger partial charge in [0.25, 0.3) is 0 Å². The fourth-order valence-corrected chi connectivity index (χ4v) is 3.35. The lowest BCUT2D eigenvalue weighted by molar-refractivity contribution is -0.152. The molecule has 0 aromatic heterocycles. The van der Waals surface area contributed by atoms with Gasteiger partial charge in [-0.2, -0.15) is 0 Å². The van der Waals surface area contributed by atoms with Crippen LogP contribution in [0.4, 0.5) is 5.69 Å². The molecule has 1 aromatic rings. The lowest BCUT2D eigenvalue weighted by Crippen LogP contribution is -2.48. The molecule has 1 aromatic carbocycles. The summed E-state index contributed by atoms with van der Waals surface area (Å²) in [4.78, 5) is 25.4. The highest BCUT2D eigenvalue weighted by Gasteiger charge is 2.34. The highest BCUT2D eigenvalue weighted by atomic mass is 16.4. The van der Waals surface area contributed by atoms with Gasteiger partial charge in [-0.1, -0.05) is 18.2 Å². The third-order valence-corrected chi connectivity index (χ3v) is 4.47. The molecular formula is C16H20N2O3. The van der Waals surface area contributed by atoms with Gasteiger partial charge in [0.1, 0.15) is 6.04 Å². The largest absolute Gasteiger partial charge is 0.480 e. The molecule has 1 unspecified atom stereocenters. The van der Waals surface area contributed by atoms with Crippen LogP contribution in [0.1, 0.15) is 37.2 Å². The van der Waals surface area contributed by atoms with E-state index in [9.17, 15) is 14.7 Å². The van der Waals surface area contributed by atoms with Crippen molar-refractivity contribution in [3.8, 4) is 0 Å². The number of amides is 1. The quantitative estimate of drug-likeness (QED) is 0.893. The first-order valence-corrected chi connectivity index (χ1v) is 7.52. The van der Waals surface area contributed by atoms with Crippen LogP contribution in [0.25, 0.3) is 0 Å². The molecule has 5 heteroatoms. The van der Waals surface area contributed by atoms with Crippen molar-refractivity contribution in [1.82, 2.24) is 4.90 Å². The normalized spacial score (nSPS) is 24.3. The Kier molecular flexibility index (Phi) is 3.82. The SMILES string of the molecule is O=C(O)[C@H]1CCCCN1C(=O)CC1CNc2ccccc21. The summed E-state index contributed by atoms with van der Waals surface area (Å²) in [7, 11) is 0. The van der Waals surface area contributed by atoms with E-state index in [1.54, 1.807) is 4.90 Å². The van der Waals surface area contributed by atoms with E-state index in [4.69, 9.17) is 0 Å². The molecular weight excluding hydrogens is 268 g/mol. The summed E-state index contributed by atoms with van der Waals surface area (Å²) in [6.07, 6.45) is 2.73. The number of hydrogen-bond donors (Lipinski definition) is 2. The molecule has 0 saturated carbocycles. The Hall–Kier alpha value is -2.04. The van der Waals surface area contributed by atoms with Crippen molar-refractivity contribution in [2.75, 3.05) is 18.4 Å². The van der Waals surface area contributed by atoms with Crippen LogP contribution < -0.4 is 5.32 Å². The number of nitrogens with one attached hydrogen (secondary N) is 1. The van der Waals surface area contributed by atoms with Gasteiger partial charge in [-0.25, -0.2) is 4.79 Å². The number of anilines is 1. The lowest BCUT2D eigenvalue weighted by atomic mass is 9.95. The molecule has 0 spiro atoms. The average Bonchev–Trinajstić information content (AvgIpc) is 2.90. The Morgan fingerprint density at radius 1 is 1.29 bits per heavy atom. The number of likely N-dealkylation sites (tertiary alicyclic amines) is 1. The van der Waals surface area contributed by atoms with Gasteiger partial charge in [-0.15, -0.1) is 0 Å². The fraction of sp³-hybridized carbons (Fsp3) is 0.500. The van der Waals surface area contributed by atoms with Crippen molar-refractivity contribution >= 4 is 17.6 Å². The highest BCUT2D eigenvalue weighted by Crippen LogP contribution is 2.34. The molecule has 2 heterocycles. The van der Waals surface area contributed by atoms with Crippen LogP contribution >= 0.6 is 0 Å². The van der Waals surface area contributed by atoms with Gasteiger partial charge in [-0.3, -0.25) is 4.79 Å². The summed E-state index contributed by atoms with van der Waals surface area (Å²) in [6.45, 7) is 1.31. The minimum Gasteiger partial charge on any atom is -0.480 e. The van der Waals surface area contributed by atoms with E-state index in [0.29, 0.717) is 19.4 Å². The first kappa shape index (κ1) is 13.9. The molecule has 2 aliphatic rings. The number of carboxylic acid groups (broad SMARTS) is 1. The monoisotopic (exact) mass is 288 g/mol. The lowest BCUT2D eigenvalue weighted by Gasteiger charge is -2.33. The van der Waals surface area contributed by atoms with E-state index in [1.807, 2.05) is 24.3 Å². The van der Waals surface area contributed by atoms with Gasteiger partial charge >= 0.3 is 5.97 Å². The third-order valence-electron chi connectivity index (χ3n) is 4.47. The molecule has 2 N–H and O–H groups in total. The number of rotatable bonds is 3. The van der Waals surface area contributed by atoms with E-state index in [1.165, 1.54) is 0 Å². The fourth-order valence-electron chi connectivity index (χ4n) is 3.35. The minimum absolute atomic E-state index is 0.0365. The number of nitrogens with zero attached hydrogens (tertiary/aromatic N) is 1. The van der Waals surface area contributed by atoms with Crippen LogP contribution in [-0.4, -0.2) is 41.0 Å². The third kappa shape index (κ3) is 2.73. The molecule has 1 fully saturated rings. The molecule has 2 atom stereocenters. The van der Waals surface area contributed by atoms with Gasteiger partial charge < -0.3 is 15.3 Å². The summed E-state index contributed by atoms with van der Waals surface area (Å²) < 4.78 is 0. The van der Waals surface area contributed by atoms with E-state index in [-0.39, 0.29) is 11.8 Å². The Balaban J connectivity index is 1.70. The number of fused-ring (bicyclic) bond motifs is 1. The van der Waals surface area contributed by atoms with Gasteiger partial charge in [0.15, 0.2) is 0 Å². The van der Waals surface area contributed by atoms with Gasteiger partial charge in [0, 0.05) is 31.1 Å². The molecule has 3 rings (SSSR count). The summed E-state index contributed by atoms with van der Waals surface area (Å²) in [5, 5.41) is 12.6. The number of piperidine rings is 1. The van der Waals surface area contributed by atoms with Crippen molar-refractivity contribution < 1.29 is 14.7 Å². The molecule has 0 radical (unpaired) electrons. The smallest absolute Gasteiger partial charge is 0.326 e. The number of carbonyl (C=O) groups excluding carboxylic acids is 1. The second-order valence-electron chi connectivity index (χ2n) is 5.81. The molecule has 2 aliphatic heterocycles. The number of carboxylic acids is 1. The zero-order valence-corrected chi connectivity index (χ0v) is 11.9. The molecule has 0 aliphatic carbocycles. The van der Waals surface area contributed by atoms with Crippen molar-refractivity contribution in [2.45, 2.75) is 37.6 Å². The molecule has 1 saturated heterocycles. The van der Waals surface area contributed by atoms with E-state index < -0.39 is 12.0 Å². The van der Waals surface area contributed by atoms with Crippen molar-refractivity contribution in [3.63, 3.8) is 0 Å². The maximum absolute atomic E-state index is 12.5. The molecule has 21 heavy (non-hydrogen) atoms. The standard InChI is InChI=1S/C16H20N2O3/c19-15(18-8-4-3-7-14(18)16(20)21)9-11-10-17-13-6-2-1-5-12(11)13/h1-2,5-6,11,14,17H,3-4,7-10H2,(H,20,21)/t11?,14-/m1/s1. The van der Waals surface area contributed by atoms with Crippen LogP contribution in [0.15, 0.2) is 24.3 Å². The zero-order valence-electron chi connectivity index (χ0n) is 11.9. The van der Waals surface area contributed by atoms with Crippen LogP contribution in [-0.2, 0) is 9.59 Å². The second-order valence-corrected chi connectivity index (χ2v) is 5.81. The zero-order chi connectivity index (χ0) is 14.8. The summed E-state index contributed by atoms with van der Waals surface area (Å²) in [6, 6.07) is 7.36. The Bertz CT molecular complexity index is 558. The number of benzene rings is 1. The number of carbonyl (C=O) groups is 2. The summed E-state index contributed by atoms with van der Waals surface area (Å²) >= 11 is 0. The first-order chi connectivity index (χ1) is 10.2. The van der Waals surface area contributed by atoms with Gasteiger partial charge in [0.05, 0.1) is 0 Å². The average molecular weight is 288 g/mol. The number of para-hydroxylation sites is 1. The van der Waals surface area contributed by atoms with E-state index >= 15 is 0 Å². The minimum atomic E-state index is -0.881. The van der Waals surface area contributed by atoms with Crippen molar-refractivity contribution in [3.05, 3.63) is 29.8 Å². The Labute approximate surface area is 123 Å². The predicted octanol–water partition coefficient (Wildman–Crippen LogP) is 2.05. The highest BCUT2D eigenvalue weighted by molar-refractivity contribution is 5.84. The second kappa shape index (κ2) is 5.76. The Morgan fingerprint density at radius 3 is 2.90 bits per heavy atom. The van der Waals surface area contributed by atoms with Gasteiger partial charge in [-0.05, 0) is 30.9 Å². The van der Waals surface area contributed by atoms with Gasteiger partial charge in [0.2, 0.25) is 5.91 Å². The van der Waals surface area contributed by atoms with Crippen molar-refractivity contribution in [1.29, 1.82) is 0 Å². The summed E-state index contributed by atoms with van der Waals surface area (Å²) in [5.41, 5.74) is 2.25. The van der Waals surface area contributed by atoms with E-state index in [2.05, 4.69) is 5.32 Å².